The summed E-state index contributed by atoms with van der Waals surface area (Å²) < 4.78 is 0.232. The Bertz CT molecular complexity index is 542. The average molecular weight is 280 g/mol. The van der Waals surface area contributed by atoms with E-state index in [0.29, 0.717) is 4.91 Å². The summed E-state index contributed by atoms with van der Waals surface area (Å²) in [5, 5.41) is 10.5. The van der Waals surface area contributed by atoms with Crippen LogP contribution >= 0.6 is 24.0 Å². The number of aliphatic carboxylic acids is 1. The highest BCUT2D eigenvalue weighted by Gasteiger charge is 2.31. The van der Waals surface area contributed by atoms with Crippen LogP contribution in [-0.2, 0) is 9.59 Å². The molecule has 7 heteroatoms. The topological polar surface area (TPSA) is 74.6 Å². The molecule has 5 nitrogen and oxygen atoms in total. The number of pyridine rings is 1. The van der Waals surface area contributed by atoms with Gasteiger partial charge in [0.05, 0.1) is 17.4 Å². The molecule has 1 fully saturated rings. The van der Waals surface area contributed by atoms with Gasteiger partial charge >= 0.3 is 0 Å². The number of carboxylic acid groups (broad SMARTS) is 1. The largest absolute Gasteiger partial charge is 0.548 e. The number of carbonyl (C=O) groups excluding carboxylic acids is 2. The van der Waals surface area contributed by atoms with Crippen molar-refractivity contribution in [2.24, 2.45) is 0 Å². The van der Waals surface area contributed by atoms with E-state index in [-0.39, 0.29) is 4.32 Å². The predicted molar refractivity (Wildman–Crippen MR) is 67.9 cm³/mol. The number of thiocarbonyl (C=S) groups is 1. The van der Waals surface area contributed by atoms with Crippen molar-refractivity contribution in [3.05, 3.63) is 35.0 Å². The van der Waals surface area contributed by atoms with Crippen molar-refractivity contribution in [2.45, 2.75) is 0 Å². The number of amides is 1. The highest BCUT2D eigenvalue weighted by Crippen LogP contribution is 2.31. The summed E-state index contributed by atoms with van der Waals surface area (Å²) in [4.78, 5) is 26.7. The molecule has 0 atom stereocenters. The Kier molecular flexibility index (Phi) is 3.73. The molecule has 92 valence electrons. The lowest BCUT2D eigenvalue weighted by Crippen LogP contribution is -2.40. The van der Waals surface area contributed by atoms with E-state index < -0.39 is 18.4 Å². The van der Waals surface area contributed by atoms with Crippen molar-refractivity contribution in [2.75, 3.05) is 6.54 Å². The van der Waals surface area contributed by atoms with Gasteiger partial charge in [-0.25, -0.2) is 4.98 Å². The zero-order chi connectivity index (χ0) is 13.1. The van der Waals surface area contributed by atoms with Crippen LogP contribution in [0.1, 0.15) is 5.56 Å². The highest BCUT2D eigenvalue weighted by molar-refractivity contribution is 8.26. The molecule has 0 aliphatic carbocycles. The molecule has 1 saturated heterocycles. The fraction of sp³-hybridized carbons (Fsp3) is 0.0909. The minimum absolute atomic E-state index is 0.232. The summed E-state index contributed by atoms with van der Waals surface area (Å²) in [6.45, 7) is -0.511. The Hall–Kier alpha value is -1.73. The van der Waals surface area contributed by atoms with Gasteiger partial charge in [0.25, 0.3) is 5.91 Å². The monoisotopic (exact) mass is 280 g/mol. The molecule has 0 radical (unpaired) electrons. The number of aromatic nitrogens is 1. The van der Waals surface area contributed by atoms with Gasteiger partial charge in [0.2, 0.25) is 0 Å². The van der Waals surface area contributed by atoms with Crippen molar-refractivity contribution in [3.63, 3.8) is 0 Å². The minimum Gasteiger partial charge on any atom is -0.548 e. The SMILES string of the molecule is O=C([O-])CN1C(=O)/C(=C/c2ccc[nH+]c2)SC1=S. The van der Waals surface area contributed by atoms with Crippen LogP contribution < -0.4 is 10.1 Å². The second-order valence-electron chi connectivity index (χ2n) is 3.48. The van der Waals surface area contributed by atoms with Gasteiger partial charge in [0.15, 0.2) is 12.4 Å². The van der Waals surface area contributed by atoms with Crippen LogP contribution in [0.3, 0.4) is 0 Å². The van der Waals surface area contributed by atoms with Gasteiger partial charge in [-0.15, -0.1) is 0 Å². The van der Waals surface area contributed by atoms with E-state index in [0.717, 1.165) is 22.2 Å². The summed E-state index contributed by atoms with van der Waals surface area (Å²) in [6, 6.07) is 3.62. The molecule has 18 heavy (non-hydrogen) atoms. The fourth-order valence-electron chi connectivity index (χ4n) is 1.41. The Balaban J connectivity index is 2.23. The van der Waals surface area contributed by atoms with Crippen LogP contribution in [0.15, 0.2) is 29.4 Å². The zero-order valence-electron chi connectivity index (χ0n) is 9.08. The van der Waals surface area contributed by atoms with E-state index in [1.807, 2.05) is 6.07 Å². The number of nitrogens with one attached hydrogen (secondary N) is 1. The maximum absolute atomic E-state index is 11.9. The summed E-state index contributed by atoms with van der Waals surface area (Å²) >= 11 is 6.04. The number of aromatic amines is 1. The fourth-order valence-corrected chi connectivity index (χ4v) is 2.67. The Morgan fingerprint density at radius 1 is 1.61 bits per heavy atom. The number of H-pyrrole nitrogens is 1. The number of carbonyl (C=O) groups is 2. The van der Waals surface area contributed by atoms with Gasteiger partial charge in [0.1, 0.15) is 4.32 Å². The molecule has 1 aromatic heterocycles. The van der Waals surface area contributed by atoms with Gasteiger partial charge in [-0.1, -0.05) is 24.0 Å². The summed E-state index contributed by atoms with van der Waals surface area (Å²) in [7, 11) is 0. The third-order valence-electron chi connectivity index (χ3n) is 2.19. The van der Waals surface area contributed by atoms with E-state index >= 15 is 0 Å². The van der Waals surface area contributed by atoms with Gasteiger partial charge < -0.3 is 9.90 Å². The standard InChI is InChI=1S/C11H8N2O3S2/c14-9(15)6-13-10(16)8(18-11(13)17)4-7-2-1-3-12-5-7/h1-5H,6H2,(H,14,15)/b8-4-. The Labute approximate surface area is 113 Å². The first kappa shape index (κ1) is 12.7. The van der Waals surface area contributed by atoms with Gasteiger partial charge in [-0.05, 0) is 12.1 Å². The van der Waals surface area contributed by atoms with Gasteiger partial charge in [0, 0.05) is 11.6 Å². The molecular formula is C11H8N2O3S2. The Morgan fingerprint density at radius 2 is 2.39 bits per heavy atom. The van der Waals surface area contributed by atoms with E-state index in [4.69, 9.17) is 12.2 Å². The molecule has 1 amide bonds. The smallest absolute Gasteiger partial charge is 0.266 e. The number of nitrogens with zero attached hydrogens (tertiary/aromatic N) is 1. The molecule has 0 aromatic carbocycles. The molecule has 0 bridgehead atoms. The lowest BCUT2D eigenvalue weighted by molar-refractivity contribution is -0.378. The molecule has 1 N–H and O–H groups in total. The summed E-state index contributed by atoms with van der Waals surface area (Å²) in [6.07, 6.45) is 5.13. The molecule has 0 spiro atoms. The predicted octanol–water partition coefficient (Wildman–Crippen LogP) is -0.548. The van der Waals surface area contributed by atoms with Crippen LogP contribution in [0.2, 0.25) is 0 Å². The van der Waals surface area contributed by atoms with E-state index in [1.165, 1.54) is 0 Å². The van der Waals surface area contributed by atoms with E-state index in [9.17, 15) is 14.7 Å². The number of rotatable bonds is 3. The maximum atomic E-state index is 11.9. The van der Waals surface area contributed by atoms with Crippen LogP contribution in [0.5, 0.6) is 0 Å². The normalized spacial score (nSPS) is 17.6. The second kappa shape index (κ2) is 5.28. The first-order valence-corrected chi connectivity index (χ1v) is 6.22. The van der Waals surface area contributed by atoms with Gasteiger partial charge in [-0.2, -0.15) is 0 Å². The van der Waals surface area contributed by atoms with Crippen molar-refractivity contribution >= 4 is 46.3 Å². The van der Waals surface area contributed by atoms with Crippen LogP contribution in [0.25, 0.3) is 6.08 Å². The number of thioether (sulfide) groups is 1. The van der Waals surface area contributed by atoms with Crippen molar-refractivity contribution in [1.82, 2.24) is 4.90 Å². The quantitative estimate of drug-likeness (QED) is 0.549. The lowest BCUT2D eigenvalue weighted by Gasteiger charge is -2.14. The molecular weight excluding hydrogens is 272 g/mol. The zero-order valence-corrected chi connectivity index (χ0v) is 10.7. The molecule has 2 rings (SSSR count). The van der Waals surface area contributed by atoms with Crippen LogP contribution in [0, 0.1) is 0 Å². The molecule has 1 aliphatic rings. The third kappa shape index (κ3) is 2.74. The van der Waals surface area contributed by atoms with E-state index in [1.54, 1.807) is 24.5 Å². The van der Waals surface area contributed by atoms with Gasteiger partial charge in [-0.3, -0.25) is 9.69 Å². The highest BCUT2D eigenvalue weighted by atomic mass is 32.2. The first-order valence-electron chi connectivity index (χ1n) is 4.99. The first-order chi connectivity index (χ1) is 8.58. The summed E-state index contributed by atoms with van der Waals surface area (Å²) in [5.74, 6) is -1.74. The number of hydrogen-bond donors (Lipinski definition) is 0. The summed E-state index contributed by atoms with van der Waals surface area (Å²) in [5.41, 5.74) is 0.812. The van der Waals surface area contributed by atoms with Crippen LogP contribution in [0.4, 0.5) is 0 Å². The lowest BCUT2D eigenvalue weighted by atomic mass is 10.2. The molecule has 0 unspecified atom stereocenters. The average Bonchev–Trinajstić information content (AvgIpc) is 2.58. The number of hydrogen-bond acceptors (Lipinski definition) is 5. The third-order valence-corrected chi connectivity index (χ3v) is 3.57. The second-order valence-corrected chi connectivity index (χ2v) is 5.15. The van der Waals surface area contributed by atoms with Crippen molar-refractivity contribution in [1.29, 1.82) is 0 Å². The minimum atomic E-state index is -1.33. The van der Waals surface area contributed by atoms with E-state index in [2.05, 4.69) is 4.98 Å². The van der Waals surface area contributed by atoms with Crippen LogP contribution in [-0.4, -0.2) is 27.6 Å². The molecule has 1 aliphatic heterocycles. The van der Waals surface area contributed by atoms with Crippen molar-refractivity contribution < 1.29 is 19.7 Å². The molecule has 1 aromatic rings. The Morgan fingerprint density at radius 3 is 3.00 bits per heavy atom. The van der Waals surface area contributed by atoms with Crippen molar-refractivity contribution in [3.8, 4) is 0 Å². The number of carboxylic acids is 1. The molecule has 2 heterocycles. The molecule has 0 saturated carbocycles. The maximum Gasteiger partial charge on any atom is 0.266 e.